The molecule has 20 heavy (non-hydrogen) atoms. The van der Waals surface area contributed by atoms with E-state index in [9.17, 15) is 13.6 Å². The zero-order chi connectivity index (χ0) is 14.3. The fourth-order valence-electron chi connectivity index (χ4n) is 2.49. The monoisotopic (exact) mass is 280 g/mol. The number of amides is 2. The van der Waals surface area contributed by atoms with E-state index in [2.05, 4.69) is 5.32 Å². The summed E-state index contributed by atoms with van der Waals surface area (Å²) in [4.78, 5) is 13.8. The van der Waals surface area contributed by atoms with Gasteiger partial charge in [0.25, 0.3) is 0 Å². The largest absolute Gasteiger partial charge is 0.331 e. The first-order chi connectivity index (χ1) is 9.56. The summed E-state index contributed by atoms with van der Waals surface area (Å²) < 4.78 is 27.2. The van der Waals surface area contributed by atoms with E-state index in [1.165, 1.54) is 6.07 Å². The van der Waals surface area contributed by atoms with Crippen LogP contribution in [0.5, 0.6) is 0 Å². The predicted octanol–water partition coefficient (Wildman–Crippen LogP) is 3.22. The van der Waals surface area contributed by atoms with E-state index in [-0.39, 0.29) is 17.5 Å². The summed E-state index contributed by atoms with van der Waals surface area (Å²) in [6.07, 6.45) is 3.92. The Morgan fingerprint density at radius 3 is 2.60 bits per heavy atom. The Morgan fingerprint density at radius 1 is 1.30 bits per heavy atom. The lowest BCUT2D eigenvalue weighted by molar-refractivity contribution is 0.200. The van der Waals surface area contributed by atoms with Crippen molar-refractivity contribution in [2.24, 2.45) is 5.92 Å². The number of carbonyl (C=O) groups is 1. The molecule has 2 aliphatic rings. The minimum Gasteiger partial charge on any atom is -0.331 e. The summed E-state index contributed by atoms with van der Waals surface area (Å²) in [6.45, 7) is 0. The molecule has 0 saturated heterocycles. The highest BCUT2D eigenvalue weighted by Crippen LogP contribution is 2.42. The van der Waals surface area contributed by atoms with Gasteiger partial charge in [-0.25, -0.2) is 13.6 Å². The molecule has 0 aromatic heterocycles. The Morgan fingerprint density at radius 2 is 2.00 bits per heavy atom. The van der Waals surface area contributed by atoms with Gasteiger partial charge in [0.15, 0.2) is 0 Å². The minimum absolute atomic E-state index is 0.201. The Kier molecular flexibility index (Phi) is 3.36. The van der Waals surface area contributed by atoms with Crippen molar-refractivity contribution in [1.29, 1.82) is 0 Å². The standard InChI is InChI=1S/C15H18F2N2O/c1-19(11-5-6-11)15(20)18-14(9-2-3-9)12-8-10(16)4-7-13(12)17/h4,7-9,11,14H,2-3,5-6H2,1H3,(H,18,20)/t14-/m0/s1. The van der Waals surface area contributed by atoms with Crippen LogP contribution in [0.1, 0.15) is 37.3 Å². The van der Waals surface area contributed by atoms with Crippen molar-refractivity contribution in [3.63, 3.8) is 0 Å². The second-order valence-electron chi connectivity index (χ2n) is 5.77. The molecule has 0 spiro atoms. The second-order valence-corrected chi connectivity index (χ2v) is 5.77. The molecule has 0 aliphatic heterocycles. The van der Waals surface area contributed by atoms with Crippen LogP contribution in [-0.2, 0) is 0 Å². The van der Waals surface area contributed by atoms with Gasteiger partial charge in [0, 0.05) is 18.7 Å². The van der Waals surface area contributed by atoms with Gasteiger partial charge in [-0.2, -0.15) is 0 Å². The Labute approximate surface area is 117 Å². The van der Waals surface area contributed by atoms with Crippen LogP contribution in [-0.4, -0.2) is 24.0 Å². The first-order valence-corrected chi connectivity index (χ1v) is 7.04. The molecule has 2 aliphatic carbocycles. The van der Waals surface area contributed by atoms with Crippen molar-refractivity contribution in [2.75, 3.05) is 7.05 Å². The van der Waals surface area contributed by atoms with E-state index < -0.39 is 17.7 Å². The topological polar surface area (TPSA) is 32.3 Å². The molecule has 2 fully saturated rings. The molecule has 1 aromatic rings. The third-order valence-electron chi connectivity index (χ3n) is 4.08. The molecule has 2 saturated carbocycles. The maximum absolute atomic E-state index is 13.9. The zero-order valence-corrected chi connectivity index (χ0v) is 11.4. The molecular formula is C15H18F2N2O. The quantitative estimate of drug-likeness (QED) is 0.902. The third kappa shape index (κ3) is 2.76. The van der Waals surface area contributed by atoms with E-state index in [4.69, 9.17) is 0 Å². The number of rotatable bonds is 4. The number of carbonyl (C=O) groups excluding carboxylic acids is 1. The number of nitrogens with zero attached hydrogens (tertiary/aromatic N) is 1. The summed E-state index contributed by atoms with van der Waals surface area (Å²) in [6, 6.07) is 3.08. The lowest BCUT2D eigenvalue weighted by Gasteiger charge is -2.24. The molecule has 2 amide bonds. The molecule has 0 heterocycles. The summed E-state index contributed by atoms with van der Waals surface area (Å²) in [5, 5.41) is 2.86. The van der Waals surface area contributed by atoms with E-state index in [0.717, 1.165) is 37.8 Å². The number of halogens is 2. The third-order valence-corrected chi connectivity index (χ3v) is 4.08. The van der Waals surface area contributed by atoms with Gasteiger partial charge in [-0.3, -0.25) is 0 Å². The van der Waals surface area contributed by atoms with Crippen LogP contribution in [0, 0.1) is 17.6 Å². The summed E-state index contributed by atoms with van der Waals surface area (Å²) in [5.74, 6) is -0.725. The van der Waals surface area contributed by atoms with Crippen molar-refractivity contribution in [1.82, 2.24) is 10.2 Å². The first-order valence-electron chi connectivity index (χ1n) is 7.04. The molecule has 3 rings (SSSR count). The SMILES string of the molecule is CN(C(=O)N[C@H](c1cc(F)ccc1F)C1CC1)C1CC1. The molecule has 1 N–H and O–H groups in total. The molecule has 3 nitrogen and oxygen atoms in total. The van der Waals surface area contributed by atoms with Crippen LogP contribution in [0.15, 0.2) is 18.2 Å². The molecule has 0 bridgehead atoms. The van der Waals surface area contributed by atoms with Crippen LogP contribution in [0.25, 0.3) is 0 Å². The van der Waals surface area contributed by atoms with Crippen LogP contribution in [0.2, 0.25) is 0 Å². The highest BCUT2D eigenvalue weighted by molar-refractivity contribution is 5.75. The summed E-state index contributed by atoms with van der Waals surface area (Å²) in [7, 11) is 1.75. The van der Waals surface area contributed by atoms with Gasteiger partial charge in [-0.05, 0) is 49.8 Å². The number of hydrogen-bond donors (Lipinski definition) is 1. The molecule has 1 atom stereocenters. The molecule has 1 aromatic carbocycles. The van der Waals surface area contributed by atoms with Crippen molar-refractivity contribution >= 4 is 6.03 Å². The van der Waals surface area contributed by atoms with Gasteiger partial charge in [0.2, 0.25) is 0 Å². The van der Waals surface area contributed by atoms with Crippen molar-refractivity contribution in [3.8, 4) is 0 Å². The Bertz CT molecular complexity index is 527. The summed E-state index contributed by atoms with van der Waals surface area (Å²) >= 11 is 0. The molecular weight excluding hydrogens is 262 g/mol. The average molecular weight is 280 g/mol. The van der Waals surface area contributed by atoms with Gasteiger partial charge >= 0.3 is 6.03 Å². The van der Waals surface area contributed by atoms with Crippen molar-refractivity contribution < 1.29 is 13.6 Å². The molecule has 5 heteroatoms. The van der Waals surface area contributed by atoms with Crippen LogP contribution < -0.4 is 5.32 Å². The highest BCUT2D eigenvalue weighted by Gasteiger charge is 2.37. The normalized spacial score (nSPS) is 19.6. The Hall–Kier alpha value is -1.65. The van der Waals surface area contributed by atoms with Gasteiger partial charge in [0.1, 0.15) is 11.6 Å². The lowest BCUT2D eigenvalue weighted by atomic mass is 10.0. The van der Waals surface area contributed by atoms with Crippen molar-refractivity contribution in [2.45, 2.75) is 37.8 Å². The number of urea groups is 1. The Balaban J connectivity index is 1.78. The van der Waals surface area contributed by atoms with Crippen molar-refractivity contribution in [3.05, 3.63) is 35.4 Å². The smallest absolute Gasteiger partial charge is 0.317 e. The van der Waals surface area contributed by atoms with Gasteiger partial charge < -0.3 is 10.2 Å². The zero-order valence-electron chi connectivity index (χ0n) is 11.4. The van der Waals surface area contributed by atoms with Gasteiger partial charge in [-0.15, -0.1) is 0 Å². The van der Waals surface area contributed by atoms with Crippen LogP contribution >= 0.6 is 0 Å². The highest BCUT2D eigenvalue weighted by atomic mass is 19.1. The van der Waals surface area contributed by atoms with Gasteiger partial charge in [0.05, 0.1) is 6.04 Å². The maximum atomic E-state index is 13.9. The fraction of sp³-hybridized carbons (Fsp3) is 0.533. The summed E-state index contributed by atoms with van der Waals surface area (Å²) in [5.41, 5.74) is 0.255. The van der Waals surface area contributed by atoms with Crippen LogP contribution in [0.4, 0.5) is 13.6 Å². The van der Waals surface area contributed by atoms with Crippen LogP contribution in [0.3, 0.4) is 0 Å². The van der Waals surface area contributed by atoms with E-state index >= 15 is 0 Å². The predicted molar refractivity (Wildman–Crippen MR) is 71.1 cm³/mol. The van der Waals surface area contributed by atoms with E-state index in [1.54, 1.807) is 11.9 Å². The van der Waals surface area contributed by atoms with Gasteiger partial charge in [-0.1, -0.05) is 0 Å². The molecule has 0 unspecified atom stereocenters. The second kappa shape index (κ2) is 5.04. The minimum atomic E-state index is -0.475. The molecule has 108 valence electrons. The number of hydrogen-bond acceptors (Lipinski definition) is 1. The fourth-order valence-corrected chi connectivity index (χ4v) is 2.49. The van der Waals surface area contributed by atoms with E-state index in [0.29, 0.717) is 6.04 Å². The first kappa shape index (κ1) is 13.3. The molecule has 0 radical (unpaired) electrons. The number of nitrogens with one attached hydrogen (secondary N) is 1. The van der Waals surface area contributed by atoms with E-state index in [1.807, 2.05) is 0 Å². The maximum Gasteiger partial charge on any atom is 0.317 e. The number of benzene rings is 1. The average Bonchev–Trinajstić information content (AvgIpc) is 3.29. The lowest BCUT2D eigenvalue weighted by Crippen LogP contribution is -2.41.